The lowest BCUT2D eigenvalue weighted by atomic mass is 9.81. The van der Waals surface area contributed by atoms with E-state index in [1.165, 1.54) is 60.1 Å². The number of fused-ring (bicyclic) bond motifs is 6. The van der Waals surface area contributed by atoms with Crippen molar-refractivity contribution in [2.75, 3.05) is 9.80 Å². The average Bonchev–Trinajstić information content (AvgIpc) is 3.41. The van der Waals surface area contributed by atoms with E-state index in [4.69, 9.17) is 0 Å². The normalized spacial score (nSPS) is 12.8. The summed E-state index contributed by atoms with van der Waals surface area (Å²) in [6, 6.07) is 64.3. The summed E-state index contributed by atoms with van der Waals surface area (Å²) in [7, 11) is 1.74. The van der Waals surface area contributed by atoms with Gasteiger partial charge in [-0.05, 0) is 106 Å². The van der Waals surface area contributed by atoms with Crippen molar-refractivity contribution in [2.45, 2.75) is 24.2 Å². The van der Waals surface area contributed by atoms with Crippen LogP contribution >= 0.6 is 30.1 Å². The van der Waals surface area contributed by atoms with Gasteiger partial charge in [0.15, 0.2) is 0 Å². The number of anilines is 6. The highest BCUT2D eigenvalue weighted by atomic mass is 127. The quantitative estimate of drug-likeness (QED) is 0.149. The van der Waals surface area contributed by atoms with E-state index in [2.05, 4.69) is 221 Å². The monoisotopic (exact) mass is 786 g/mol. The van der Waals surface area contributed by atoms with Crippen molar-refractivity contribution in [1.29, 1.82) is 0 Å². The van der Waals surface area contributed by atoms with E-state index in [9.17, 15) is 0 Å². The van der Waals surface area contributed by atoms with Crippen LogP contribution in [0.1, 0.15) is 25.0 Å². The van der Waals surface area contributed by atoms with Crippen LogP contribution in [0.3, 0.4) is 0 Å². The van der Waals surface area contributed by atoms with Gasteiger partial charge in [-0.15, -0.1) is 0 Å². The molecule has 0 N–H and O–H groups in total. The largest absolute Gasteiger partial charge is 0.310 e. The maximum Gasteiger partial charge on any atom is 0.0543 e. The lowest BCUT2D eigenvalue weighted by Crippen LogP contribution is -2.18. The average molecular weight is 787 g/mol. The molecule has 8 aromatic rings. The van der Waals surface area contributed by atoms with Crippen LogP contribution in [-0.2, 0) is 5.41 Å². The maximum atomic E-state index is 2.47. The fourth-order valence-corrected chi connectivity index (χ4v) is 9.05. The lowest BCUT2D eigenvalue weighted by Gasteiger charge is -2.31. The number of halogens is 1. The summed E-state index contributed by atoms with van der Waals surface area (Å²) in [5.41, 5.74) is 12.0. The standard InChI is InChI=1S/C47H35IN2S/c1-47(2)42-30-36(49(33-16-5-3-6-17-33)35-24-27-37(51-48)28-25-35)26-29-41(42)46-40-22-12-11-21-39(40)45(31-43(46)47)50(34-18-7-4-8-19-34)44-23-13-15-32-14-9-10-20-38(32)44/h3-31H,1-2H3. The Morgan fingerprint density at radius 3 is 1.73 bits per heavy atom. The molecule has 0 fully saturated rings. The molecule has 0 aromatic heterocycles. The fourth-order valence-electron chi connectivity index (χ4n) is 7.94. The van der Waals surface area contributed by atoms with Crippen molar-refractivity contribution in [3.8, 4) is 11.1 Å². The summed E-state index contributed by atoms with van der Waals surface area (Å²) in [5.74, 6) is 0. The summed E-state index contributed by atoms with van der Waals surface area (Å²) >= 11 is 2.35. The second-order valence-corrected chi connectivity index (χ2v) is 15.6. The van der Waals surface area contributed by atoms with Crippen LogP contribution < -0.4 is 9.80 Å². The smallest absolute Gasteiger partial charge is 0.0543 e. The predicted octanol–water partition coefficient (Wildman–Crippen LogP) is 14.7. The third kappa shape index (κ3) is 5.40. The van der Waals surface area contributed by atoms with E-state index in [1.54, 1.807) is 8.93 Å². The molecule has 0 saturated heterocycles. The van der Waals surface area contributed by atoms with Crippen molar-refractivity contribution in [2.24, 2.45) is 0 Å². The molecule has 2 nitrogen and oxygen atoms in total. The Balaban J connectivity index is 1.26. The molecule has 0 unspecified atom stereocenters. The number of rotatable bonds is 7. The van der Waals surface area contributed by atoms with Gasteiger partial charge in [0.2, 0.25) is 0 Å². The van der Waals surface area contributed by atoms with Gasteiger partial charge in [-0.3, -0.25) is 0 Å². The van der Waals surface area contributed by atoms with Gasteiger partial charge in [0.25, 0.3) is 0 Å². The van der Waals surface area contributed by atoms with Gasteiger partial charge in [0.05, 0.1) is 11.4 Å². The molecular formula is C47H35IN2S. The molecule has 0 radical (unpaired) electrons. The van der Waals surface area contributed by atoms with Gasteiger partial charge >= 0.3 is 0 Å². The Hall–Kier alpha value is -5.04. The van der Waals surface area contributed by atoms with Crippen molar-refractivity contribution >= 4 is 85.8 Å². The van der Waals surface area contributed by atoms with Crippen LogP contribution in [0.5, 0.6) is 0 Å². The molecule has 1 aliphatic carbocycles. The lowest BCUT2D eigenvalue weighted by molar-refractivity contribution is 0.661. The minimum atomic E-state index is -0.245. The highest BCUT2D eigenvalue weighted by Crippen LogP contribution is 2.56. The number of hydrogen-bond donors (Lipinski definition) is 0. The topological polar surface area (TPSA) is 6.48 Å². The second kappa shape index (κ2) is 12.9. The molecule has 0 aliphatic heterocycles. The van der Waals surface area contributed by atoms with E-state index >= 15 is 0 Å². The number of nitrogens with zero attached hydrogens (tertiary/aromatic N) is 2. The van der Waals surface area contributed by atoms with Crippen LogP contribution in [0, 0.1) is 0 Å². The first kappa shape index (κ1) is 31.9. The Kier molecular flexibility index (Phi) is 8.09. The first-order valence-electron chi connectivity index (χ1n) is 17.3. The summed E-state index contributed by atoms with van der Waals surface area (Å²) in [5, 5.41) is 4.97. The summed E-state index contributed by atoms with van der Waals surface area (Å²) in [6.45, 7) is 4.79. The Morgan fingerprint density at radius 2 is 1.02 bits per heavy atom. The summed E-state index contributed by atoms with van der Waals surface area (Å²) in [4.78, 5) is 6.08. The molecule has 0 saturated carbocycles. The molecule has 4 heteroatoms. The van der Waals surface area contributed by atoms with E-state index in [0.29, 0.717) is 0 Å². The van der Waals surface area contributed by atoms with Crippen LogP contribution in [0.15, 0.2) is 181 Å². The van der Waals surface area contributed by atoms with Gasteiger partial charge in [0, 0.05) is 65.0 Å². The number of para-hydroxylation sites is 2. The second-order valence-electron chi connectivity index (χ2n) is 13.6. The molecule has 9 rings (SSSR count). The van der Waals surface area contributed by atoms with E-state index in [-0.39, 0.29) is 5.41 Å². The van der Waals surface area contributed by atoms with Crippen LogP contribution in [0.4, 0.5) is 34.1 Å². The number of hydrogen-bond acceptors (Lipinski definition) is 3. The van der Waals surface area contributed by atoms with Gasteiger partial charge in [-0.2, -0.15) is 0 Å². The van der Waals surface area contributed by atoms with Crippen LogP contribution in [0.2, 0.25) is 0 Å². The number of benzene rings is 8. The Labute approximate surface area is 316 Å². The van der Waals surface area contributed by atoms with Gasteiger partial charge in [0.1, 0.15) is 0 Å². The fraction of sp³-hybridized carbons (Fsp3) is 0.0638. The molecule has 0 atom stereocenters. The van der Waals surface area contributed by atoms with Crippen molar-refractivity contribution in [1.82, 2.24) is 0 Å². The van der Waals surface area contributed by atoms with E-state index < -0.39 is 0 Å². The van der Waals surface area contributed by atoms with E-state index in [0.717, 1.165) is 22.7 Å². The van der Waals surface area contributed by atoms with Crippen LogP contribution in [-0.4, -0.2) is 0 Å². The minimum Gasteiger partial charge on any atom is -0.310 e. The molecule has 51 heavy (non-hydrogen) atoms. The third-order valence-corrected chi connectivity index (χ3v) is 12.3. The molecule has 1 aliphatic rings. The van der Waals surface area contributed by atoms with E-state index in [1.807, 2.05) is 0 Å². The Bertz CT molecular complexity index is 2540. The van der Waals surface area contributed by atoms with Crippen molar-refractivity contribution < 1.29 is 0 Å². The van der Waals surface area contributed by atoms with Crippen molar-refractivity contribution in [3.05, 3.63) is 187 Å². The van der Waals surface area contributed by atoms with Crippen molar-refractivity contribution in [3.63, 3.8) is 0 Å². The molecule has 0 bridgehead atoms. The van der Waals surface area contributed by atoms with Gasteiger partial charge in [-0.1, -0.05) is 126 Å². The SMILES string of the molecule is CC1(C)c2cc(N(c3ccccc3)c3ccc(SI)cc3)ccc2-c2c1cc(N(c1ccccc1)c1cccc3ccccc13)c1ccccc21. The highest BCUT2D eigenvalue weighted by Gasteiger charge is 2.38. The molecule has 246 valence electrons. The third-order valence-electron chi connectivity index (χ3n) is 10.4. The zero-order valence-electron chi connectivity index (χ0n) is 28.4. The minimum absolute atomic E-state index is 0.245. The van der Waals surface area contributed by atoms with Gasteiger partial charge in [-0.25, -0.2) is 0 Å². The molecule has 0 heterocycles. The maximum absolute atomic E-state index is 2.47. The van der Waals surface area contributed by atoms with Crippen LogP contribution in [0.25, 0.3) is 32.7 Å². The summed E-state index contributed by atoms with van der Waals surface area (Å²) < 4.78 is 0. The zero-order valence-corrected chi connectivity index (χ0v) is 31.4. The predicted molar refractivity (Wildman–Crippen MR) is 228 cm³/mol. The Morgan fingerprint density at radius 1 is 0.451 bits per heavy atom. The highest BCUT2D eigenvalue weighted by molar-refractivity contribution is 14.2. The van der Waals surface area contributed by atoms with Gasteiger partial charge < -0.3 is 9.80 Å². The molecule has 8 aromatic carbocycles. The zero-order chi connectivity index (χ0) is 34.5. The first-order chi connectivity index (χ1) is 25.0. The molecule has 0 spiro atoms. The first-order valence-corrected chi connectivity index (χ1v) is 20.7. The molecule has 0 amide bonds. The summed E-state index contributed by atoms with van der Waals surface area (Å²) in [6.07, 6.45) is 0. The molecular weight excluding hydrogens is 752 g/mol.